The molecule has 4 rings (SSSR count). The van der Waals surface area contributed by atoms with Crippen LogP contribution >= 0.6 is 23.1 Å². The number of benzene rings is 1. The molecule has 1 aliphatic rings. The topological polar surface area (TPSA) is 83.5 Å². The maximum atomic E-state index is 13.1. The molecule has 1 aliphatic heterocycles. The van der Waals surface area contributed by atoms with Gasteiger partial charge in [0.2, 0.25) is 10.0 Å². The van der Waals surface area contributed by atoms with E-state index in [0.717, 1.165) is 28.6 Å². The van der Waals surface area contributed by atoms with Crippen molar-refractivity contribution in [2.24, 2.45) is 0 Å². The first-order valence-corrected chi connectivity index (χ1v) is 12.0. The van der Waals surface area contributed by atoms with Crippen molar-refractivity contribution in [3.63, 3.8) is 0 Å². The third kappa shape index (κ3) is 3.34. The summed E-state index contributed by atoms with van der Waals surface area (Å²) in [6, 6.07) is 6.94. The predicted molar refractivity (Wildman–Crippen MR) is 111 cm³/mol. The molecule has 1 saturated heterocycles. The second-order valence-corrected chi connectivity index (χ2v) is 10.2. The number of nitrogens with zero attached hydrogens (tertiary/aromatic N) is 4. The number of piperazine rings is 1. The third-order valence-corrected chi connectivity index (χ3v) is 8.79. The Morgan fingerprint density at radius 2 is 1.93 bits per heavy atom. The maximum Gasteiger partial charge on any atom is 0.264 e. The minimum absolute atomic E-state index is 0.0179. The maximum absolute atomic E-state index is 13.1. The minimum Gasteiger partial charge on any atom is -0.335 e. The average molecular weight is 437 g/mol. The van der Waals surface area contributed by atoms with E-state index >= 15 is 0 Å². The summed E-state index contributed by atoms with van der Waals surface area (Å²) in [5, 5.41) is 0. The zero-order valence-electron chi connectivity index (χ0n) is 15.6. The molecule has 1 aromatic carbocycles. The lowest BCUT2D eigenvalue weighted by molar-refractivity contribution is 0.0703. The second-order valence-electron chi connectivity index (χ2n) is 6.65. The molecule has 10 heteroatoms. The van der Waals surface area contributed by atoms with Crippen LogP contribution in [0.1, 0.15) is 27.0 Å². The highest BCUT2D eigenvalue weighted by Gasteiger charge is 2.32. The van der Waals surface area contributed by atoms with Crippen LogP contribution in [0.2, 0.25) is 0 Å². The van der Waals surface area contributed by atoms with Gasteiger partial charge in [-0.1, -0.05) is 13.0 Å². The second kappa shape index (κ2) is 7.51. The van der Waals surface area contributed by atoms with Crippen LogP contribution in [-0.2, 0) is 16.4 Å². The van der Waals surface area contributed by atoms with Gasteiger partial charge in [-0.2, -0.15) is 13.1 Å². The molecule has 7 nitrogen and oxygen atoms in total. The lowest BCUT2D eigenvalue weighted by Crippen LogP contribution is -2.50. The van der Waals surface area contributed by atoms with Crippen LogP contribution in [0.25, 0.3) is 11.0 Å². The summed E-state index contributed by atoms with van der Waals surface area (Å²) in [5.41, 5.74) is 2.13. The number of amides is 1. The van der Waals surface area contributed by atoms with E-state index in [4.69, 9.17) is 0 Å². The zero-order chi connectivity index (χ0) is 19.9. The van der Waals surface area contributed by atoms with Crippen molar-refractivity contribution < 1.29 is 13.2 Å². The Balaban J connectivity index is 1.50. The van der Waals surface area contributed by atoms with Crippen molar-refractivity contribution >= 4 is 50.0 Å². The van der Waals surface area contributed by atoms with E-state index in [0.29, 0.717) is 24.1 Å². The van der Waals surface area contributed by atoms with Crippen LogP contribution in [0, 0.1) is 6.92 Å². The summed E-state index contributed by atoms with van der Waals surface area (Å²) in [5.74, 6) is -0.0179. The lowest BCUT2D eigenvalue weighted by atomic mass is 10.2. The number of aryl methyl sites for hydroxylation is 2. The molecule has 3 aromatic rings. The van der Waals surface area contributed by atoms with Crippen LogP contribution < -0.4 is 0 Å². The van der Waals surface area contributed by atoms with Crippen molar-refractivity contribution in [2.45, 2.75) is 25.2 Å². The molecule has 3 heterocycles. The van der Waals surface area contributed by atoms with Crippen molar-refractivity contribution in [3.05, 3.63) is 39.6 Å². The Labute approximate surface area is 172 Å². The fourth-order valence-corrected chi connectivity index (χ4v) is 6.65. The van der Waals surface area contributed by atoms with E-state index in [2.05, 4.69) is 15.7 Å². The monoisotopic (exact) mass is 436 g/mol. The van der Waals surface area contributed by atoms with E-state index in [9.17, 15) is 13.2 Å². The number of hydrogen-bond acceptors (Lipinski definition) is 7. The molecule has 148 valence electrons. The van der Waals surface area contributed by atoms with Gasteiger partial charge in [0.05, 0.1) is 16.6 Å². The standard InChI is InChI=1S/C18H20N4O3S3/c1-3-14-12(2)11-15(26-14)18(23)21-7-9-22(10-8-21)28(24,25)16-6-4-5-13-17(16)20-27-19-13/h4-6,11H,3,7-10H2,1-2H3. The van der Waals surface area contributed by atoms with Gasteiger partial charge in [0.1, 0.15) is 15.9 Å². The van der Waals surface area contributed by atoms with E-state index in [1.165, 1.54) is 20.5 Å². The van der Waals surface area contributed by atoms with Gasteiger partial charge in [0, 0.05) is 31.1 Å². The third-order valence-electron chi connectivity index (χ3n) is 4.95. The SMILES string of the molecule is CCc1sc(C(=O)N2CCN(S(=O)(=O)c3cccc4nsnc34)CC2)cc1C. The zero-order valence-corrected chi connectivity index (χ0v) is 18.0. The van der Waals surface area contributed by atoms with Crippen LogP contribution in [0.15, 0.2) is 29.2 Å². The van der Waals surface area contributed by atoms with Gasteiger partial charge in [-0.3, -0.25) is 4.79 Å². The molecule has 2 aromatic heterocycles. The highest BCUT2D eigenvalue weighted by Crippen LogP contribution is 2.27. The number of rotatable bonds is 4. The Kier molecular flexibility index (Phi) is 5.21. The molecule has 0 aliphatic carbocycles. The van der Waals surface area contributed by atoms with Crippen LogP contribution in [-0.4, -0.2) is 58.5 Å². The number of thiophene rings is 1. The van der Waals surface area contributed by atoms with Gasteiger partial charge in [0.15, 0.2) is 0 Å². The molecule has 1 amide bonds. The van der Waals surface area contributed by atoms with Crippen LogP contribution in [0.4, 0.5) is 0 Å². The van der Waals surface area contributed by atoms with Crippen molar-refractivity contribution in [3.8, 4) is 0 Å². The Morgan fingerprint density at radius 3 is 2.61 bits per heavy atom. The Bertz CT molecular complexity index is 1130. The number of carbonyl (C=O) groups excluding carboxylic acids is 1. The average Bonchev–Trinajstić information content (AvgIpc) is 3.33. The highest BCUT2D eigenvalue weighted by atomic mass is 32.2. The first-order chi connectivity index (χ1) is 13.4. The largest absolute Gasteiger partial charge is 0.335 e. The van der Waals surface area contributed by atoms with Crippen LogP contribution in [0.5, 0.6) is 0 Å². The lowest BCUT2D eigenvalue weighted by Gasteiger charge is -2.33. The summed E-state index contributed by atoms with van der Waals surface area (Å²) < 4.78 is 35.9. The molecule has 0 bridgehead atoms. The van der Waals surface area contributed by atoms with E-state index in [1.807, 2.05) is 13.0 Å². The summed E-state index contributed by atoms with van der Waals surface area (Å²) in [6.45, 7) is 5.39. The molecular formula is C18H20N4O3S3. The molecule has 0 atom stereocenters. The Hall–Kier alpha value is -1.88. The molecule has 1 fully saturated rings. The van der Waals surface area contributed by atoms with Crippen molar-refractivity contribution in [1.29, 1.82) is 0 Å². The molecule has 28 heavy (non-hydrogen) atoms. The number of carbonyl (C=O) groups is 1. The van der Waals surface area contributed by atoms with Gasteiger partial charge in [-0.05, 0) is 37.1 Å². The van der Waals surface area contributed by atoms with Crippen molar-refractivity contribution in [2.75, 3.05) is 26.2 Å². The predicted octanol–water partition coefficient (Wildman–Crippen LogP) is 2.77. The van der Waals surface area contributed by atoms with Gasteiger partial charge < -0.3 is 4.90 Å². The fourth-order valence-electron chi connectivity index (χ4n) is 3.39. The molecule has 0 unspecified atom stereocenters. The number of hydrogen-bond donors (Lipinski definition) is 0. The Morgan fingerprint density at radius 1 is 1.18 bits per heavy atom. The summed E-state index contributed by atoms with van der Waals surface area (Å²) in [6.07, 6.45) is 0.910. The first kappa shape index (κ1) is 19.4. The smallest absolute Gasteiger partial charge is 0.264 e. The van der Waals surface area contributed by atoms with E-state index in [1.54, 1.807) is 23.1 Å². The van der Waals surface area contributed by atoms with Gasteiger partial charge in [-0.15, -0.1) is 11.3 Å². The summed E-state index contributed by atoms with van der Waals surface area (Å²) in [7, 11) is -3.68. The van der Waals surface area contributed by atoms with E-state index < -0.39 is 10.0 Å². The van der Waals surface area contributed by atoms with Gasteiger partial charge >= 0.3 is 0 Å². The number of fused-ring (bicyclic) bond motifs is 1. The quantitative estimate of drug-likeness (QED) is 0.628. The molecular weight excluding hydrogens is 416 g/mol. The van der Waals surface area contributed by atoms with Gasteiger partial charge in [-0.25, -0.2) is 8.42 Å². The number of sulfonamides is 1. The normalized spacial score (nSPS) is 16.0. The minimum atomic E-state index is -3.68. The first-order valence-electron chi connectivity index (χ1n) is 9.02. The molecule has 0 N–H and O–H groups in total. The van der Waals surface area contributed by atoms with E-state index in [-0.39, 0.29) is 23.9 Å². The summed E-state index contributed by atoms with van der Waals surface area (Å²) in [4.78, 5) is 16.7. The van der Waals surface area contributed by atoms with Crippen LogP contribution in [0.3, 0.4) is 0 Å². The molecule has 0 radical (unpaired) electrons. The molecule has 0 spiro atoms. The number of aromatic nitrogens is 2. The highest BCUT2D eigenvalue weighted by molar-refractivity contribution is 7.89. The molecule has 0 saturated carbocycles. The van der Waals surface area contributed by atoms with Gasteiger partial charge in [0.25, 0.3) is 5.91 Å². The van der Waals surface area contributed by atoms with Crippen molar-refractivity contribution in [1.82, 2.24) is 18.0 Å². The summed E-state index contributed by atoms with van der Waals surface area (Å²) >= 11 is 2.53. The fraction of sp³-hybridized carbons (Fsp3) is 0.389.